The van der Waals surface area contributed by atoms with Crippen molar-refractivity contribution in [1.29, 1.82) is 0 Å². The van der Waals surface area contributed by atoms with Crippen LogP contribution in [0.3, 0.4) is 0 Å². The summed E-state index contributed by atoms with van der Waals surface area (Å²) in [6.45, 7) is 2.33. The van der Waals surface area contributed by atoms with Crippen LogP contribution in [0.1, 0.15) is 25.5 Å². The molecule has 0 aliphatic carbocycles. The number of hydrogen-bond donors (Lipinski definition) is 1. The van der Waals surface area contributed by atoms with Crippen LogP contribution in [0.5, 0.6) is 0 Å². The van der Waals surface area contributed by atoms with E-state index in [1.165, 1.54) is 7.11 Å². The molecule has 1 atom stereocenters. The third-order valence-electron chi connectivity index (χ3n) is 2.22. The van der Waals surface area contributed by atoms with Crippen molar-refractivity contribution >= 4 is 5.97 Å². The number of aliphatic hydroxyl groups excluding tert-OH is 1. The van der Waals surface area contributed by atoms with Crippen LogP contribution in [0.25, 0.3) is 0 Å². The van der Waals surface area contributed by atoms with E-state index in [9.17, 15) is 9.90 Å². The Hall–Kier alpha value is -1.43. The Labute approximate surface area is 94.2 Å². The van der Waals surface area contributed by atoms with Gasteiger partial charge in [-0.1, -0.05) is 18.6 Å². The zero-order valence-corrected chi connectivity index (χ0v) is 9.59. The van der Waals surface area contributed by atoms with Gasteiger partial charge in [-0.15, -0.1) is 5.10 Å². The third kappa shape index (κ3) is 3.62. The van der Waals surface area contributed by atoms with E-state index in [1.54, 1.807) is 10.9 Å². The molecule has 0 saturated heterocycles. The lowest BCUT2D eigenvalue weighted by Crippen LogP contribution is -2.22. The molecule has 6 heteroatoms. The number of rotatable bonds is 6. The molecular weight excluding hydrogens is 210 g/mol. The van der Waals surface area contributed by atoms with Crippen LogP contribution in [0.15, 0.2) is 6.20 Å². The molecule has 1 N–H and O–H groups in total. The molecule has 1 rings (SSSR count). The number of carbonyl (C=O) groups excluding carboxylic acids is 1. The topological polar surface area (TPSA) is 77.2 Å². The van der Waals surface area contributed by atoms with Gasteiger partial charge >= 0.3 is 5.97 Å². The summed E-state index contributed by atoms with van der Waals surface area (Å²) >= 11 is 0. The van der Waals surface area contributed by atoms with Crippen LogP contribution < -0.4 is 0 Å². The molecule has 0 fully saturated rings. The van der Waals surface area contributed by atoms with Crippen LogP contribution in [0.4, 0.5) is 0 Å². The van der Waals surface area contributed by atoms with Gasteiger partial charge in [0, 0.05) is 0 Å². The van der Waals surface area contributed by atoms with E-state index in [1.807, 2.05) is 0 Å². The summed E-state index contributed by atoms with van der Waals surface area (Å²) in [5, 5.41) is 17.3. The zero-order chi connectivity index (χ0) is 12.0. The number of methoxy groups -OCH3 is 1. The number of carbonyl (C=O) groups is 1. The summed E-state index contributed by atoms with van der Waals surface area (Å²) in [6.07, 6.45) is 2.71. The van der Waals surface area contributed by atoms with Gasteiger partial charge in [0.1, 0.15) is 0 Å². The van der Waals surface area contributed by atoms with Gasteiger partial charge in [-0.3, -0.25) is 4.79 Å². The van der Waals surface area contributed by atoms with E-state index in [0.717, 1.165) is 18.5 Å². The van der Waals surface area contributed by atoms with Crippen LogP contribution in [0, 0.1) is 0 Å². The number of esters is 1. The first-order valence-electron chi connectivity index (χ1n) is 5.29. The standard InChI is InChI=1S/C10H17N3O3/c1-3-4-8-6-11-12-13(8)7-9(14)5-10(15)16-2/h6,9,14H,3-5,7H2,1-2H3/t9-/m0/s1. The lowest BCUT2D eigenvalue weighted by atomic mass is 10.2. The number of aromatic nitrogens is 3. The molecule has 0 saturated carbocycles. The minimum absolute atomic E-state index is 0.0259. The highest BCUT2D eigenvalue weighted by molar-refractivity contribution is 5.69. The van der Waals surface area contributed by atoms with Gasteiger partial charge < -0.3 is 9.84 Å². The predicted molar refractivity (Wildman–Crippen MR) is 56.7 cm³/mol. The monoisotopic (exact) mass is 227 g/mol. The van der Waals surface area contributed by atoms with E-state index >= 15 is 0 Å². The van der Waals surface area contributed by atoms with Crippen molar-refractivity contribution in [2.24, 2.45) is 0 Å². The quantitative estimate of drug-likeness (QED) is 0.700. The SMILES string of the molecule is CCCc1cnnn1C[C@@H](O)CC(=O)OC. The first-order valence-corrected chi connectivity index (χ1v) is 5.29. The number of aliphatic hydroxyl groups is 1. The second-order valence-corrected chi connectivity index (χ2v) is 3.59. The fourth-order valence-corrected chi connectivity index (χ4v) is 1.42. The number of aryl methyl sites for hydroxylation is 1. The Bertz CT molecular complexity index is 338. The van der Waals surface area contributed by atoms with Crippen molar-refractivity contribution in [3.8, 4) is 0 Å². The Morgan fingerprint density at radius 2 is 2.44 bits per heavy atom. The molecule has 0 radical (unpaired) electrons. The third-order valence-corrected chi connectivity index (χ3v) is 2.22. The summed E-state index contributed by atoms with van der Waals surface area (Å²) in [7, 11) is 1.30. The largest absolute Gasteiger partial charge is 0.469 e. The maximum atomic E-state index is 10.9. The van der Waals surface area contributed by atoms with Gasteiger partial charge in [-0.2, -0.15) is 0 Å². The van der Waals surface area contributed by atoms with Crippen molar-refractivity contribution < 1.29 is 14.6 Å². The Balaban J connectivity index is 2.51. The summed E-state index contributed by atoms with van der Waals surface area (Å²) in [5.41, 5.74) is 0.964. The Morgan fingerprint density at radius 3 is 3.06 bits per heavy atom. The molecule has 1 aromatic rings. The molecule has 16 heavy (non-hydrogen) atoms. The molecule has 90 valence electrons. The summed E-state index contributed by atoms with van der Waals surface area (Å²) in [6, 6.07) is 0. The van der Waals surface area contributed by atoms with Crippen molar-refractivity contribution in [3.05, 3.63) is 11.9 Å². The molecule has 0 spiro atoms. The van der Waals surface area contributed by atoms with E-state index in [0.29, 0.717) is 0 Å². The van der Waals surface area contributed by atoms with E-state index in [2.05, 4.69) is 22.0 Å². The van der Waals surface area contributed by atoms with E-state index in [4.69, 9.17) is 0 Å². The Morgan fingerprint density at radius 1 is 1.69 bits per heavy atom. The van der Waals surface area contributed by atoms with Gasteiger partial charge in [0.15, 0.2) is 0 Å². The van der Waals surface area contributed by atoms with Gasteiger partial charge in [0.2, 0.25) is 0 Å². The first-order chi connectivity index (χ1) is 7.67. The predicted octanol–water partition coefficient (Wildman–Crippen LogP) is 0.155. The molecule has 0 bridgehead atoms. The average Bonchev–Trinajstić information content (AvgIpc) is 2.66. The normalized spacial score (nSPS) is 12.4. The molecular formula is C10H17N3O3. The van der Waals surface area contributed by atoms with Crippen molar-refractivity contribution in [2.75, 3.05) is 7.11 Å². The van der Waals surface area contributed by atoms with E-state index < -0.39 is 12.1 Å². The highest BCUT2D eigenvalue weighted by atomic mass is 16.5. The second-order valence-electron chi connectivity index (χ2n) is 3.59. The number of ether oxygens (including phenoxy) is 1. The van der Waals surface area contributed by atoms with E-state index in [-0.39, 0.29) is 13.0 Å². The molecule has 0 aliphatic rings. The maximum Gasteiger partial charge on any atom is 0.308 e. The van der Waals surface area contributed by atoms with Gasteiger partial charge in [-0.05, 0) is 6.42 Å². The van der Waals surface area contributed by atoms with Gasteiger partial charge in [0.05, 0.1) is 38.1 Å². The smallest absolute Gasteiger partial charge is 0.308 e. The number of hydrogen-bond acceptors (Lipinski definition) is 5. The summed E-state index contributed by atoms with van der Waals surface area (Å²) in [5.74, 6) is -0.426. The molecule has 0 unspecified atom stereocenters. The van der Waals surface area contributed by atoms with Crippen LogP contribution in [-0.2, 0) is 22.5 Å². The van der Waals surface area contributed by atoms with Gasteiger partial charge in [0.25, 0.3) is 0 Å². The molecule has 0 aromatic carbocycles. The first kappa shape index (κ1) is 12.6. The van der Waals surface area contributed by atoms with Gasteiger partial charge in [-0.25, -0.2) is 4.68 Å². The highest BCUT2D eigenvalue weighted by Gasteiger charge is 2.13. The Kier molecular flexibility index (Phi) is 4.91. The molecule has 0 aliphatic heterocycles. The van der Waals surface area contributed by atoms with Crippen LogP contribution >= 0.6 is 0 Å². The lowest BCUT2D eigenvalue weighted by molar-refractivity contribution is -0.143. The molecule has 0 amide bonds. The van der Waals surface area contributed by atoms with Crippen LogP contribution in [-0.4, -0.2) is 39.3 Å². The minimum Gasteiger partial charge on any atom is -0.469 e. The second kappa shape index (κ2) is 6.22. The summed E-state index contributed by atoms with van der Waals surface area (Å²) < 4.78 is 6.10. The minimum atomic E-state index is -0.787. The average molecular weight is 227 g/mol. The molecule has 1 aromatic heterocycles. The fraction of sp³-hybridized carbons (Fsp3) is 0.700. The molecule has 1 heterocycles. The highest BCUT2D eigenvalue weighted by Crippen LogP contribution is 2.04. The summed E-state index contributed by atoms with van der Waals surface area (Å²) in [4.78, 5) is 10.9. The fourth-order valence-electron chi connectivity index (χ4n) is 1.42. The van der Waals surface area contributed by atoms with Crippen molar-refractivity contribution in [2.45, 2.75) is 38.8 Å². The van der Waals surface area contributed by atoms with Crippen LogP contribution in [0.2, 0.25) is 0 Å². The number of nitrogens with zero attached hydrogens (tertiary/aromatic N) is 3. The van der Waals surface area contributed by atoms with Crippen molar-refractivity contribution in [3.63, 3.8) is 0 Å². The van der Waals surface area contributed by atoms with Crippen molar-refractivity contribution in [1.82, 2.24) is 15.0 Å². The zero-order valence-electron chi connectivity index (χ0n) is 9.59. The lowest BCUT2D eigenvalue weighted by Gasteiger charge is -2.10. The maximum absolute atomic E-state index is 10.9. The molecule has 6 nitrogen and oxygen atoms in total.